The lowest BCUT2D eigenvalue weighted by molar-refractivity contribution is 0.434. The number of alkyl halides is 1. The summed E-state index contributed by atoms with van der Waals surface area (Å²) in [6.07, 6.45) is 0. The van der Waals surface area contributed by atoms with Crippen molar-refractivity contribution in [3.8, 4) is 0 Å². The second-order valence-corrected chi connectivity index (χ2v) is 6.58. The standard InChI is InChI=1S/C13H12BrN3OS/c1-8-12(18)15-13-17(16-8)11(10(14)7-19-13)9-5-3-2-4-6-9/h2-6,10-11H,7H2,1H3/t10-,11-/m1/s1. The van der Waals surface area contributed by atoms with Gasteiger partial charge in [0.2, 0.25) is 0 Å². The number of rotatable bonds is 1. The first-order valence-electron chi connectivity index (χ1n) is 5.96. The second-order valence-electron chi connectivity index (χ2n) is 4.41. The molecule has 0 unspecified atom stereocenters. The lowest BCUT2D eigenvalue weighted by Gasteiger charge is -2.30. The molecule has 3 rings (SSSR count). The molecular formula is C13H12BrN3OS. The Morgan fingerprint density at radius 2 is 2.11 bits per heavy atom. The molecule has 98 valence electrons. The molecule has 0 amide bonds. The van der Waals surface area contributed by atoms with Crippen LogP contribution in [-0.2, 0) is 0 Å². The highest BCUT2D eigenvalue weighted by Crippen LogP contribution is 2.36. The van der Waals surface area contributed by atoms with E-state index in [1.165, 1.54) is 5.56 Å². The third-order valence-electron chi connectivity index (χ3n) is 3.08. The summed E-state index contributed by atoms with van der Waals surface area (Å²) in [5.74, 6) is 0.872. The van der Waals surface area contributed by atoms with Gasteiger partial charge in [0.15, 0.2) is 5.16 Å². The predicted octanol–water partition coefficient (Wildman–Crippen LogP) is 2.41. The Bertz CT molecular complexity index is 659. The molecule has 19 heavy (non-hydrogen) atoms. The van der Waals surface area contributed by atoms with Crippen LogP contribution >= 0.6 is 27.7 Å². The van der Waals surface area contributed by atoms with Gasteiger partial charge in [0.05, 0.1) is 10.9 Å². The van der Waals surface area contributed by atoms with Crippen molar-refractivity contribution < 1.29 is 0 Å². The average molecular weight is 338 g/mol. The maximum atomic E-state index is 11.6. The van der Waals surface area contributed by atoms with Crippen LogP contribution in [0.15, 0.2) is 40.3 Å². The van der Waals surface area contributed by atoms with E-state index in [-0.39, 0.29) is 16.4 Å². The van der Waals surface area contributed by atoms with Crippen LogP contribution in [0.1, 0.15) is 17.3 Å². The van der Waals surface area contributed by atoms with Gasteiger partial charge in [-0.25, -0.2) is 4.68 Å². The molecule has 0 radical (unpaired) electrons. The molecule has 2 atom stereocenters. The first kappa shape index (κ1) is 12.9. The summed E-state index contributed by atoms with van der Waals surface area (Å²) in [6, 6.07) is 10.2. The molecule has 4 nitrogen and oxygen atoms in total. The number of halogens is 1. The maximum Gasteiger partial charge on any atom is 0.295 e. The Morgan fingerprint density at radius 1 is 1.37 bits per heavy atom. The van der Waals surface area contributed by atoms with Crippen molar-refractivity contribution in [3.05, 3.63) is 51.9 Å². The number of nitrogens with zero attached hydrogens (tertiary/aromatic N) is 3. The Labute approximate surface area is 123 Å². The Balaban J connectivity index is 2.17. The molecule has 0 spiro atoms. The molecule has 0 bridgehead atoms. The first-order chi connectivity index (χ1) is 9.16. The quantitative estimate of drug-likeness (QED) is 0.750. The monoisotopic (exact) mass is 337 g/mol. The molecule has 1 aromatic heterocycles. The number of thioether (sulfide) groups is 1. The molecule has 0 fully saturated rings. The van der Waals surface area contributed by atoms with E-state index in [4.69, 9.17) is 0 Å². The number of hydrogen-bond donors (Lipinski definition) is 0. The molecule has 2 aromatic rings. The molecule has 0 aliphatic carbocycles. The smallest absolute Gasteiger partial charge is 0.265 e. The van der Waals surface area contributed by atoms with E-state index in [1.54, 1.807) is 18.7 Å². The Hall–Kier alpha value is -1.14. The minimum atomic E-state index is -0.237. The summed E-state index contributed by atoms with van der Waals surface area (Å²) in [5, 5.41) is 5.11. The first-order valence-corrected chi connectivity index (χ1v) is 7.86. The fourth-order valence-corrected chi connectivity index (χ4v) is 3.99. The van der Waals surface area contributed by atoms with E-state index in [9.17, 15) is 4.79 Å². The van der Waals surface area contributed by atoms with Crippen LogP contribution in [0.25, 0.3) is 0 Å². The van der Waals surface area contributed by atoms with Gasteiger partial charge >= 0.3 is 0 Å². The summed E-state index contributed by atoms with van der Waals surface area (Å²) in [4.78, 5) is 16.0. The Kier molecular flexibility index (Phi) is 3.45. The van der Waals surface area contributed by atoms with Gasteiger partial charge in [-0.3, -0.25) is 4.79 Å². The normalized spacial score (nSPS) is 22.0. The molecule has 0 saturated carbocycles. The van der Waals surface area contributed by atoms with Gasteiger partial charge in [-0.2, -0.15) is 10.1 Å². The fourth-order valence-electron chi connectivity index (χ4n) is 2.14. The maximum absolute atomic E-state index is 11.6. The van der Waals surface area contributed by atoms with Crippen LogP contribution in [0.2, 0.25) is 0 Å². The lowest BCUT2D eigenvalue weighted by Crippen LogP contribution is -2.33. The van der Waals surface area contributed by atoms with Gasteiger partial charge in [-0.15, -0.1) is 0 Å². The number of benzene rings is 1. The van der Waals surface area contributed by atoms with E-state index in [2.05, 4.69) is 38.1 Å². The summed E-state index contributed by atoms with van der Waals surface area (Å²) >= 11 is 5.28. The lowest BCUT2D eigenvalue weighted by atomic mass is 10.0. The average Bonchev–Trinajstić information content (AvgIpc) is 2.42. The summed E-state index contributed by atoms with van der Waals surface area (Å²) in [5.41, 5.74) is 1.37. The molecular weight excluding hydrogens is 326 g/mol. The predicted molar refractivity (Wildman–Crippen MR) is 79.0 cm³/mol. The van der Waals surface area contributed by atoms with Crippen LogP contribution in [0.4, 0.5) is 0 Å². The number of hydrogen-bond acceptors (Lipinski definition) is 4. The Morgan fingerprint density at radius 3 is 2.84 bits per heavy atom. The van der Waals surface area contributed by atoms with Crippen LogP contribution < -0.4 is 5.56 Å². The summed E-state index contributed by atoms with van der Waals surface area (Å²) < 4.78 is 1.86. The zero-order valence-electron chi connectivity index (χ0n) is 10.3. The molecule has 6 heteroatoms. The fraction of sp³-hybridized carbons (Fsp3) is 0.308. The molecule has 1 aromatic carbocycles. The van der Waals surface area contributed by atoms with Crippen molar-refractivity contribution in [2.24, 2.45) is 0 Å². The van der Waals surface area contributed by atoms with Gasteiger partial charge in [0, 0.05) is 5.75 Å². The van der Waals surface area contributed by atoms with Crippen molar-refractivity contribution in [1.29, 1.82) is 0 Å². The van der Waals surface area contributed by atoms with E-state index < -0.39 is 0 Å². The van der Waals surface area contributed by atoms with E-state index in [0.717, 1.165) is 5.75 Å². The van der Waals surface area contributed by atoms with Crippen LogP contribution in [0.5, 0.6) is 0 Å². The number of aryl methyl sites for hydroxylation is 1. The van der Waals surface area contributed by atoms with Crippen molar-refractivity contribution in [2.45, 2.75) is 22.9 Å². The topological polar surface area (TPSA) is 47.8 Å². The van der Waals surface area contributed by atoms with E-state index in [1.807, 2.05) is 22.9 Å². The van der Waals surface area contributed by atoms with Crippen molar-refractivity contribution in [1.82, 2.24) is 14.8 Å². The SMILES string of the molecule is Cc1nn2c(nc1=O)SC[C@@H](Br)[C@H]2c1ccccc1. The van der Waals surface area contributed by atoms with Crippen molar-refractivity contribution in [2.75, 3.05) is 5.75 Å². The molecule has 0 saturated heterocycles. The van der Waals surface area contributed by atoms with Gasteiger partial charge in [-0.05, 0) is 12.5 Å². The molecule has 1 aliphatic rings. The van der Waals surface area contributed by atoms with Gasteiger partial charge < -0.3 is 0 Å². The minimum Gasteiger partial charge on any atom is -0.265 e. The van der Waals surface area contributed by atoms with Crippen LogP contribution in [-0.4, -0.2) is 25.3 Å². The summed E-state index contributed by atoms with van der Waals surface area (Å²) in [6.45, 7) is 1.70. The number of aromatic nitrogens is 3. The second kappa shape index (κ2) is 5.09. The van der Waals surface area contributed by atoms with Crippen LogP contribution in [0.3, 0.4) is 0 Å². The zero-order chi connectivity index (χ0) is 13.4. The van der Waals surface area contributed by atoms with Gasteiger partial charge in [0.25, 0.3) is 5.56 Å². The summed E-state index contributed by atoms with van der Waals surface area (Å²) in [7, 11) is 0. The third-order valence-corrected chi connectivity index (χ3v) is 5.39. The zero-order valence-corrected chi connectivity index (χ0v) is 12.7. The molecule has 0 N–H and O–H groups in total. The largest absolute Gasteiger partial charge is 0.295 e. The van der Waals surface area contributed by atoms with Crippen molar-refractivity contribution in [3.63, 3.8) is 0 Å². The highest BCUT2D eigenvalue weighted by Gasteiger charge is 2.31. The molecule has 2 heterocycles. The van der Waals surface area contributed by atoms with Crippen molar-refractivity contribution >= 4 is 27.7 Å². The van der Waals surface area contributed by atoms with Gasteiger partial charge in [-0.1, -0.05) is 58.0 Å². The van der Waals surface area contributed by atoms with E-state index in [0.29, 0.717) is 10.9 Å². The number of fused-ring (bicyclic) bond motifs is 1. The molecule has 1 aliphatic heterocycles. The minimum absolute atomic E-state index is 0.0734. The third kappa shape index (κ3) is 2.34. The highest BCUT2D eigenvalue weighted by molar-refractivity contribution is 9.09. The van der Waals surface area contributed by atoms with Gasteiger partial charge in [0.1, 0.15) is 5.69 Å². The van der Waals surface area contributed by atoms with Crippen LogP contribution in [0, 0.1) is 6.92 Å². The van der Waals surface area contributed by atoms with E-state index >= 15 is 0 Å². The highest BCUT2D eigenvalue weighted by atomic mass is 79.9.